The van der Waals surface area contributed by atoms with E-state index >= 15 is 0 Å². The van der Waals surface area contributed by atoms with E-state index in [1.165, 1.54) is 13.1 Å². The fourth-order valence-electron chi connectivity index (χ4n) is 0.936. The second-order valence-electron chi connectivity index (χ2n) is 3.11. The molecule has 1 aromatic rings. The van der Waals surface area contributed by atoms with Crippen molar-refractivity contribution in [2.45, 2.75) is 0 Å². The summed E-state index contributed by atoms with van der Waals surface area (Å²) < 4.78 is 36.0. The molecule has 3 nitrogen and oxygen atoms in total. The van der Waals surface area contributed by atoms with Gasteiger partial charge in [-0.1, -0.05) is 30.3 Å². The zero-order valence-electron chi connectivity index (χ0n) is 8.51. The van der Waals surface area contributed by atoms with E-state index in [2.05, 4.69) is 0 Å². The van der Waals surface area contributed by atoms with Gasteiger partial charge in [0.15, 0.2) is 0 Å². The molecule has 0 aliphatic carbocycles. The van der Waals surface area contributed by atoms with Crippen LogP contribution in [0.5, 0.6) is 0 Å². The normalized spacial score (nSPS) is 12.6. The summed E-state index contributed by atoms with van der Waals surface area (Å²) in [4.78, 5) is 0. The zero-order chi connectivity index (χ0) is 11.5. The van der Waals surface area contributed by atoms with Crippen LogP contribution in [0.25, 0.3) is 6.08 Å². The van der Waals surface area contributed by atoms with E-state index in [9.17, 15) is 12.8 Å². The predicted molar refractivity (Wildman–Crippen MR) is 58.1 cm³/mol. The topological polar surface area (TPSA) is 37.4 Å². The molecule has 82 valence electrons. The highest BCUT2D eigenvalue weighted by Crippen LogP contribution is 2.12. The molecule has 0 aromatic heterocycles. The van der Waals surface area contributed by atoms with Crippen molar-refractivity contribution in [3.8, 4) is 0 Å². The van der Waals surface area contributed by atoms with Gasteiger partial charge in [0.1, 0.15) is 0 Å². The van der Waals surface area contributed by atoms with Gasteiger partial charge >= 0.3 is 0 Å². The average Bonchev–Trinajstić information content (AvgIpc) is 2.16. The number of nitrogens with zero attached hydrogens (tertiary/aromatic N) is 1. The van der Waals surface area contributed by atoms with Crippen LogP contribution < -0.4 is 0 Å². The molecule has 0 atom stereocenters. The van der Waals surface area contributed by atoms with Crippen LogP contribution in [0.4, 0.5) is 4.39 Å². The van der Waals surface area contributed by atoms with Gasteiger partial charge in [0, 0.05) is 7.05 Å². The molecule has 0 fully saturated rings. The monoisotopic (exact) mass is 229 g/mol. The fraction of sp³-hybridized carbons (Fsp3) is 0.200. The van der Waals surface area contributed by atoms with Gasteiger partial charge < -0.3 is 0 Å². The molecular weight excluding hydrogens is 217 g/mol. The summed E-state index contributed by atoms with van der Waals surface area (Å²) in [7, 11) is -2.36. The summed E-state index contributed by atoms with van der Waals surface area (Å²) in [6, 6.07) is 8.68. The lowest BCUT2D eigenvalue weighted by Crippen LogP contribution is -2.22. The Bertz CT molecular complexity index is 454. The summed E-state index contributed by atoms with van der Waals surface area (Å²) in [5.41, 5.74) is 0.616. The van der Waals surface area contributed by atoms with E-state index in [-0.39, 0.29) is 0 Å². The van der Waals surface area contributed by atoms with E-state index in [4.69, 9.17) is 0 Å². The third-order valence-corrected chi connectivity index (χ3v) is 3.05. The molecule has 0 heterocycles. The highest BCUT2D eigenvalue weighted by atomic mass is 32.2. The summed E-state index contributed by atoms with van der Waals surface area (Å²) in [6.45, 7) is 0. The van der Waals surface area contributed by atoms with Crippen LogP contribution in [0.2, 0.25) is 0 Å². The second-order valence-corrected chi connectivity index (χ2v) is 5.12. The molecule has 0 aliphatic rings. The Hall–Kier alpha value is -1.36. The van der Waals surface area contributed by atoms with Crippen molar-refractivity contribution in [2.24, 2.45) is 0 Å². The largest absolute Gasteiger partial charge is 0.249 e. The molecule has 0 aliphatic heterocycles. The molecule has 0 spiro atoms. The Balaban J connectivity index is 2.95. The average molecular weight is 229 g/mol. The predicted octanol–water partition coefficient (Wildman–Crippen LogP) is 1.85. The lowest BCUT2D eigenvalue weighted by Gasteiger charge is -2.13. The van der Waals surface area contributed by atoms with E-state index in [1.807, 2.05) is 0 Å². The van der Waals surface area contributed by atoms with Crippen LogP contribution in [0.1, 0.15) is 5.56 Å². The van der Waals surface area contributed by atoms with Gasteiger partial charge in [-0.3, -0.25) is 0 Å². The van der Waals surface area contributed by atoms with E-state index in [0.29, 0.717) is 9.87 Å². The number of benzene rings is 1. The lowest BCUT2D eigenvalue weighted by atomic mass is 10.2. The van der Waals surface area contributed by atoms with Crippen LogP contribution in [0, 0.1) is 0 Å². The molecule has 1 aromatic carbocycles. The summed E-state index contributed by atoms with van der Waals surface area (Å²) in [6.07, 6.45) is 2.12. The molecular formula is C10H12FNO2S. The van der Waals surface area contributed by atoms with Crippen LogP contribution in [-0.2, 0) is 10.0 Å². The van der Waals surface area contributed by atoms with Crippen LogP contribution in [-0.4, -0.2) is 26.0 Å². The molecule has 1 rings (SSSR count). The maximum atomic E-state index is 13.4. The first-order valence-electron chi connectivity index (χ1n) is 4.27. The number of sulfonamides is 1. The Labute approximate surface area is 88.9 Å². The third-order valence-electron chi connectivity index (χ3n) is 1.88. The maximum Gasteiger partial charge on any atom is 0.233 e. The van der Waals surface area contributed by atoms with Gasteiger partial charge in [0.05, 0.1) is 6.26 Å². The van der Waals surface area contributed by atoms with Crippen molar-refractivity contribution >= 4 is 16.1 Å². The van der Waals surface area contributed by atoms with Gasteiger partial charge in [-0.15, -0.1) is 0 Å². The van der Waals surface area contributed by atoms with Crippen molar-refractivity contribution in [3.05, 3.63) is 41.8 Å². The van der Waals surface area contributed by atoms with Crippen molar-refractivity contribution < 1.29 is 12.8 Å². The number of halogens is 1. The first kappa shape index (κ1) is 11.7. The van der Waals surface area contributed by atoms with Gasteiger partial charge in [-0.05, 0) is 11.6 Å². The fourth-order valence-corrected chi connectivity index (χ4v) is 1.31. The Morgan fingerprint density at radius 2 is 1.87 bits per heavy atom. The maximum absolute atomic E-state index is 13.4. The van der Waals surface area contributed by atoms with E-state index in [0.717, 1.165) is 6.26 Å². The summed E-state index contributed by atoms with van der Waals surface area (Å²) in [5, 5.41) is 0. The SMILES string of the molecule is CN(/C(F)=C\c1ccccc1)S(C)(=O)=O. The standard InChI is InChI=1S/C10H12FNO2S/c1-12(15(2,13)14)10(11)8-9-6-4-3-5-7-9/h3-8H,1-2H3/b10-8-. The third kappa shape index (κ3) is 3.36. The number of hydrogen-bond donors (Lipinski definition) is 0. The highest BCUT2D eigenvalue weighted by molar-refractivity contribution is 7.88. The molecule has 0 bridgehead atoms. The molecule has 0 saturated heterocycles. The first-order chi connectivity index (χ1) is 6.91. The molecule has 5 heteroatoms. The molecule has 0 saturated carbocycles. The van der Waals surface area contributed by atoms with Crippen molar-refractivity contribution in [1.29, 1.82) is 0 Å². The molecule has 0 amide bonds. The van der Waals surface area contributed by atoms with Gasteiger partial charge in [-0.25, -0.2) is 12.7 Å². The minimum atomic E-state index is -3.53. The Morgan fingerprint density at radius 1 is 1.33 bits per heavy atom. The van der Waals surface area contributed by atoms with Gasteiger partial charge in [0.2, 0.25) is 16.0 Å². The molecule has 0 radical (unpaired) electrons. The number of hydrogen-bond acceptors (Lipinski definition) is 2. The summed E-state index contributed by atoms with van der Waals surface area (Å²) >= 11 is 0. The Morgan fingerprint density at radius 3 is 2.33 bits per heavy atom. The van der Waals surface area contributed by atoms with Crippen molar-refractivity contribution in [1.82, 2.24) is 4.31 Å². The lowest BCUT2D eigenvalue weighted by molar-refractivity contribution is 0.437. The Kier molecular flexibility index (Phi) is 3.47. The van der Waals surface area contributed by atoms with Gasteiger partial charge in [0.25, 0.3) is 0 Å². The van der Waals surface area contributed by atoms with E-state index < -0.39 is 16.0 Å². The van der Waals surface area contributed by atoms with Crippen molar-refractivity contribution in [3.63, 3.8) is 0 Å². The number of rotatable bonds is 3. The zero-order valence-corrected chi connectivity index (χ0v) is 9.33. The first-order valence-corrected chi connectivity index (χ1v) is 6.12. The van der Waals surface area contributed by atoms with Crippen LogP contribution in [0.3, 0.4) is 0 Å². The van der Waals surface area contributed by atoms with Crippen molar-refractivity contribution in [2.75, 3.05) is 13.3 Å². The van der Waals surface area contributed by atoms with Crippen LogP contribution in [0.15, 0.2) is 36.3 Å². The second kappa shape index (κ2) is 4.44. The molecule has 15 heavy (non-hydrogen) atoms. The smallest absolute Gasteiger partial charge is 0.233 e. The highest BCUT2D eigenvalue weighted by Gasteiger charge is 2.13. The van der Waals surface area contributed by atoms with Crippen LogP contribution >= 0.6 is 0 Å². The summed E-state index contributed by atoms with van der Waals surface area (Å²) in [5.74, 6) is -0.802. The van der Waals surface area contributed by atoms with Gasteiger partial charge in [-0.2, -0.15) is 4.39 Å². The minimum Gasteiger partial charge on any atom is -0.249 e. The van der Waals surface area contributed by atoms with E-state index in [1.54, 1.807) is 30.3 Å². The molecule has 0 N–H and O–H groups in total. The minimum absolute atomic E-state index is 0.597. The molecule has 0 unspecified atom stereocenters. The quantitative estimate of drug-likeness (QED) is 0.742.